The number of halogens is 2. The molecule has 1 aliphatic rings. The number of anilines is 1. The van der Waals surface area contributed by atoms with E-state index < -0.39 is 0 Å². The summed E-state index contributed by atoms with van der Waals surface area (Å²) in [5.41, 5.74) is 0.725. The van der Waals surface area contributed by atoms with Crippen molar-refractivity contribution in [3.8, 4) is 0 Å². The van der Waals surface area contributed by atoms with Crippen molar-refractivity contribution >= 4 is 17.3 Å². The van der Waals surface area contributed by atoms with Crippen molar-refractivity contribution in [2.75, 3.05) is 5.32 Å². The SMILES string of the molecule is CCC1CCC(Nc2cc(F)ccc2Cl)C1. The lowest BCUT2D eigenvalue weighted by Crippen LogP contribution is -2.15. The molecule has 1 fully saturated rings. The first-order valence-corrected chi connectivity index (χ1v) is 6.28. The molecule has 2 unspecified atom stereocenters. The highest BCUT2D eigenvalue weighted by Gasteiger charge is 2.23. The van der Waals surface area contributed by atoms with Crippen molar-refractivity contribution in [1.29, 1.82) is 0 Å². The van der Waals surface area contributed by atoms with Crippen LogP contribution < -0.4 is 5.32 Å². The summed E-state index contributed by atoms with van der Waals surface area (Å²) in [7, 11) is 0. The molecule has 0 spiro atoms. The number of rotatable bonds is 3. The lowest BCUT2D eigenvalue weighted by Gasteiger charge is -2.15. The molecule has 3 heteroatoms. The minimum Gasteiger partial charge on any atom is -0.381 e. The van der Waals surface area contributed by atoms with Gasteiger partial charge in [0.25, 0.3) is 0 Å². The third-order valence-corrected chi connectivity index (χ3v) is 3.74. The highest BCUT2D eigenvalue weighted by molar-refractivity contribution is 6.33. The number of benzene rings is 1. The van der Waals surface area contributed by atoms with Gasteiger partial charge in [-0.3, -0.25) is 0 Å². The van der Waals surface area contributed by atoms with Crippen LogP contribution in [0.1, 0.15) is 32.6 Å². The standard InChI is InChI=1S/C13H17ClFN/c1-2-9-3-5-11(7-9)16-13-8-10(15)4-6-12(13)14/h4,6,8-9,11,16H,2-3,5,7H2,1H3. The van der Waals surface area contributed by atoms with Gasteiger partial charge in [-0.2, -0.15) is 0 Å². The quantitative estimate of drug-likeness (QED) is 0.823. The molecule has 0 amide bonds. The molecule has 1 N–H and O–H groups in total. The van der Waals surface area contributed by atoms with Crippen LogP contribution in [0.3, 0.4) is 0 Å². The minimum atomic E-state index is -0.239. The fourth-order valence-electron chi connectivity index (χ4n) is 2.40. The maximum absolute atomic E-state index is 13.1. The Balaban J connectivity index is 2.01. The van der Waals surface area contributed by atoms with Crippen LogP contribution in [-0.4, -0.2) is 6.04 Å². The zero-order valence-electron chi connectivity index (χ0n) is 9.47. The van der Waals surface area contributed by atoms with Crippen molar-refractivity contribution < 1.29 is 4.39 Å². The Hall–Kier alpha value is -0.760. The van der Waals surface area contributed by atoms with Crippen LogP contribution >= 0.6 is 11.6 Å². The Labute approximate surface area is 101 Å². The van der Waals surface area contributed by atoms with Gasteiger partial charge in [0, 0.05) is 6.04 Å². The molecular formula is C13H17ClFN. The molecule has 2 rings (SSSR count). The first-order valence-electron chi connectivity index (χ1n) is 5.90. The molecule has 1 nitrogen and oxygen atoms in total. The highest BCUT2D eigenvalue weighted by Crippen LogP contribution is 2.32. The van der Waals surface area contributed by atoms with Crippen LogP contribution in [0.4, 0.5) is 10.1 Å². The molecule has 0 radical (unpaired) electrons. The largest absolute Gasteiger partial charge is 0.381 e. The van der Waals surface area contributed by atoms with E-state index in [1.165, 1.54) is 31.4 Å². The third-order valence-electron chi connectivity index (χ3n) is 3.41. The smallest absolute Gasteiger partial charge is 0.125 e. The molecule has 1 aliphatic carbocycles. The Morgan fingerprint density at radius 3 is 2.94 bits per heavy atom. The van der Waals surface area contributed by atoms with E-state index in [2.05, 4.69) is 12.2 Å². The number of nitrogens with one attached hydrogen (secondary N) is 1. The molecule has 1 aromatic carbocycles. The summed E-state index contributed by atoms with van der Waals surface area (Å²) in [5.74, 6) is 0.571. The van der Waals surface area contributed by atoms with Crippen molar-refractivity contribution in [3.63, 3.8) is 0 Å². The van der Waals surface area contributed by atoms with E-state index in [9.17, 15) is 4.39 Å². The fraction of sp³-hybridized carbons (Fsp3) is 0.538. The lowest BCUT2D eigenvalue weighted by molar-refractivity contribution is 0.525. The van der Waals surface area contributed by atoms with Crippen LogP contribution in [0.2, 0.25) is 5.02 Å². The van der Waals surface area contributed by atoms with Crippen molar-refractivity contribution in [3.05, 3.63) is 29.0 Å². The summed E-state index contributed by atoms with van der Waals surface area (Å²) in [6, 6.07) is 4.91. The van der Waals surface area contributed by atoms with Gasteiger partial charge in [0.1, 0.15) is 5.82 Å². The van der Waals surface area contributed by atoms with E-state index in [0.717, 1.165) is 18.0 Å². The zero-order valence-corrected chi connectivity index (χ0v) is 10.2. The Kier molecular flexibility index (Phi) is 3.70. The average Bonchev–Trinajstić information content (AvgIpc) is 2.71. The summed E-state index contributed by atoms with van der Waals surface area (Å²) >= 11 is 6.02. The van der Waals surface area contributed by atoms with Gasteiger partial charge >= 0.3 is 0 Å². The van der Waals surface area contributed by atoms with Gasteiger partial charge in [-0.15, -0.1) is 0 Å². The Morgan fingerprint density at radius 2 is 2.25 bits per heavy atom. The van der Waals surface area contributed by atoms with E-state index in [-0.39, 0.29) is 5.82 Å². The second kappa shape index (κ2) is 5.05. The van der Waals surface area contributed by atoms with Crippen LogP contribution in [-0.2, 0) is 0 Å². The molecule has 16 heavy (non-hydrogen) atoms. The third kappa shape index (κ3) is 2.67. The molecule has 0 heterocycles. The molecule has 2 atom stereocenters. The maximum atomic E-state index is 13.1. The monoisotopic (exact) mass is 241 g/mol. The Bertz CT molecular complexity index is 367. The second-order valence-electron chi connectivity index (χ2n) is 4.55. The number of hydrogen-bond acceptors (Lipinski definition) is 1. The second-order valence-corrected chi connectivity index (χ2v) is 4.96. The van der Waals surface area contributed by atoms with E-state index in [1.807, 2.05) is 0 Å². The maximum Gasteiger partial charge on any atom is 0.125 e. The topological polar surface area (TPSA) is 12.0 Å². The van der Waals surface area contributed by atoms with Crippen molar-refractivity contribution in [2.45, 2.75) is 38.6 Å². The van der Waals surface area contributed by atoms with E-state index in [1.54, 1.807) is 6.07 Å². The molecular weight excluding hydrogens is 225 g/mol. The van der Waals surface area contributed by atoms with Gasteiger partial charge < -0.3 is 5.32 Å². The molecule has 0 aliphatic heterocycles. The molecule has 88 valence electrons. The van der Waals surface area contributed by atoms with Gasteiger partial charge in [0.2, 0.25) is 0 Å². The normalized spacial score (nSPS) is 24.7. The highest BCUT2D eigenvalue weighted by atomic mass is 35.5. The summed E-state index contributed by atoms with van der Waals surface area (Å²) in [5, 5.41) is 3.94. The van der Waals surface area contributed by atoms with E-state index >= 15 is 0 Å². The zero-order chi connectivity index (χ0) is 11.5. The van der Waals surface area contributed by atoms with Crippen LogP contribution in [0, 0.1) is 11.7 Å². The predicted molar refractivity (Wildman–Crippen MR) is 66.5 cm³/mol. The van der Waals surface area contributed by atoms with Crippen molar-refractivity contribution in [2.24, 2.45) is 5.92 Å². The first-order chi connectivity index (χ1) is 7.69. The summed E-state index contributed by atoms with van der Waals surface area (Å²) in [6.07, 6.45) is 4.82. The van der Waals surface area contributed by atoms with Gasteiger partial charge in [-0.05, 0) is 43.4 Å². The number of hydrogen-bond donors (Lipinski definition) is 1. The predicted octanol–water partition coefficient (Wildman–Crippen LogP) is 4.47. The summed E-state index contributed by atoms with van der Waals surface area (Å²) in [6.45, 7) is 2.22. The summed E-state index contributed by atoms with van der Waals surface area (Å²) < 4.78 is 13.1. The van der Waals surface area contributed by atoms with Gasteiger partial charge in [0.15, 0.2) is 0 Å². The van der Waals surface area contributed by atoms with Crippen molar-refractivity contribution in [1.82, 2.24) is 0 Å². The van der Waals surface area contributed by atoms with Crippen LogP contribution in [0.25, 0.3) is 0 Å². The molecule has 1 aromatic rings. The molecule has 1 saturated carbocycles. The molecule has 0 saturated heterocycles. The van der Waals surface area contributed by atoms with Gasteiger partial charge in [-0.1, -0.05) is 24.9 Å². The lowest BCUT2D eigenvalue weighted by atomic mass is 10.1. The van der Waals surface area contributed by atoms with Gasteiger partial charge in [-0.25, -0.2) is 4.39 Å². The van der Waals surface area contributed by atoms with Gasteiger partial charge in [0.05, 0.1) is 10.7 Å². The summed E-state index contributed by atoms with van der Waals surface area (Å²) in [4.78, 5) is 0. The average molecular weight is 242 g/mol. The van der Waals surface area contributed by atoms with E-state index in [4.69, 9.17) is 11.6 Å². The van der Waals surface area contributed by atoms with Crippen LogP contribution in [0.5, 0.6) is 0 Å². The first kappa shape index (κ1) is 11.7. The fourth-order valence-corrected chi connectivity index (χ4v) is 2.58. The minimum absolute atomic E-state index is 0.239. The van der Waals surface area contributed by atoms with Crippen LogP contribution in [0.15, 0.2) is 18.2 Å². The Morgan fingerprint density at radius 1 is 1.44 bits per heavy atom. The molecule has 0 aromatic heterocycles. The molecule has 0 bridgehead atoms. The van der Waals surface area contributed by atoms with E-state index in [0.29, 0.717) is 11.1 Å².